The highest BCUT2D eigenvalue weighted by atomic mass is 16.5. The first-order valence-corrected chi connectivity index (χ1v) is 5.38. The molecule has 0 spiro atoms. The van der Waals surface area contributed by atoms with Crippen LogP contribution in [0.15, 0.2) is 24.3 Å². The maximum Gasteiger partial charge on any atom is 0.338 e. The molecule has 0 aliphatic rings. The zero-order valence-corrected chi connectivity index (χ0v) is 9.69. The largest absolute Gasteiger partial charge is 0.459 e. The standard InChI is InChI=1S/C12H18N2O2/c1-9(2)16-12(15)10-4-3-5-11(8-10)14-7-6-13/h3-5,8-9,14H,6-7,13H2,1-2H3. The highest BCUT2D eigenvalue weighted by molar-refractivity contribution is 5.90. The molecule has 3 N–H and O–H groups in total. The van der Waals surface area contributed by atoms with Crippen molar-refractivity contribution in [1.82, 2.24) is 0 Å². The van der Waals surface area contributed by atoms with Crippen LogP contribution in [0.25, 0.3) is 0 Å². The predicted molar refractivity (Wildman–Crippen MR) is 64.5 cm³/mol. The summed E-state index contributed by atoms with van der Waals surface area (Å²) in [7, 11) is 0. The van der Waals surface area contributed by atoms with Gasteiger partial charge in [-0.2, -0.15) is 0 Å². The Bertz CT molecular complexity index is 351. The Hall–Kier alpha value is -1.55. The molecule has 1 aromatic carbocycles. The second-order valence-corrected chi connectivity index (χ2v) is 3.75. The maximum absolute atomic E-state index is 11.6. The van der Waals surface area contributed by atoms with E-state index in [1.165, 1.54) is 0 Å². The van der Waals surface area contributed by atoms with Gasteiger partial charge in [0.15, 0.2) is 0 Å². The molecule has 0 aliphatic carbocycles. The smallest absolute Gasteiger partial charge is 0.338 e. The normalized spacial score (nSPS) is 10.2. The van der Waals surface area contributed by atoms with Gasteiger partial charge in [0.2, 0.25) is 0 Å². The Balaban J connectivity index is 2.69. The van der Waals surface area contributed by atoms with Crippen LogP contribution in [0.4, 0.5) is 5.69 Å². The van der Waals surface area contributed by atoms with Gasteiger partial charge in [0.25, 0.3) is 0 Å². The minimum atomic E-state index is -0.300. The van der Waals surface area contributed by atoms with E-state index in [1.54, 1.807) is 12.1 Å². The number of hydrogen-bond donors (Lipinski definition) is 2. The number of hydrogen-bond acceptors (Lipinski definition) is 4. The van der Waals surface area contributed by atoms with Crippen LogP contribution in [0.5, 0.6) is 0 Å². The minimum Gasteiger partial charge on any atom is -0.459 e. The van der Waals surface area contributed by atoms with E-state index in [4.69, 9.17) is 10.5 Å². The first-order chi connectivity index (χ1) is 7.63. The van der Waals surface area contributed by atoms with Gasteiger partial charge in [-0.3, -0.25) is 0 Å². The molecule has 0 aliphatic heterocycles. The van der Waals surface area contributed by atoms with Crippen LogP contribution in [0.3, 0.4) is 0 Å². The lowest BCUT2D eigenvalue weighted by molar-refractivity contribution is 0.0378. The van der Waals surface area contributed by atoms with Crippen molar-refractivity contribution in [2.24, 2.45) is 5.73 Å². The summed E-state index contributed by atoms with van der Waals surface area (Å²) < 4.78 is 5.10. The van der Waals surface area contributed by atoms with Crippen molar-refractivity contribution in [3.8, 4) is 0 Å². The molecule has 0 radical (unpaired) electrons. The molecule has 4 nitrogen and oxygen atoms in total. The van der Waals surface area contributed by atoms with Gasteiger partial charge in [-0.15, -0.1) is 0 Å². The van der Waals surface area contributed by atoms with E-state index in [0.29, 0.717) is 18.7 Å². The van der Waals surface area contributed by atoms with Crippen LogP contribution >= 0.6 is 0 Å². The number of esters is 1. The highest BCUT2D eigenvalue weighted by Crippen LogP contribution is 2.12. The molecule has 1 rings (SSSR count). The fraction of sp³-hybridized carbons (Fsp3) is 0.417. The van der Waals surface area contributed by atoms with E-state index in [9.17, 15) is 4.79 Å². The molecule has 0 fully saturated rings. The Morgan fingerprint density at radius 2 is 2.25 bits per heavy atom. The molecular formula is C12H18N2O2. The SMILES string of the molecule is CC(C)OC(=O)c1cccc(NCCN)c1. The molecule has 0 atom stereocenters. The fourth-order valence-electron chi connectivity index (χ4n) is 1.25. The molecule has 88 valence electrons. The molecule has 16 heavy (non-hydrogen) atoms. The van der Waals surface area contributed by atoms with Crippen molar-refractivity contribution in [1.29, 1.82) is 0 Å². The van der Waals surface area contributed by atoms with Gasteiger partial charge in [0, 0.05) is 18.8 Å². The number of ether oxygens (including phenoxy) is 1. The summed E-state index contributed by atoms with van der Waals surface area (Å²) in [6.07, 6.45) is -0.104. The van der Waals surface area contributed by atoms with Gasteiger partial charge >= 0.3 is 5.97 Å². The number of rotatable bonds is 5. The van der Waals surface area contributed by atoms with E-state index in [1.807, 2.05) is 26.0 Å². The van der Waals surface area contributed by atoms with Crippen molar-refractivity contribution in [3.63, 3.8) is 0 Å². The molecule has 4 heteroatoms. The average molecular weight is 222 g/mol. The molecule has 0 amide bonds. The van der Waals surface area contributed by atoms with Gasteiger partial charge in [-0.05, 0) is 32.0 Å². The Morgan fingerprint density at radius 3 is 2.88 bits per heavy atom. The third kappa shape index (κ3) is 3.90. The number of carbonyl (C=O) groups excluding carboxylic acids is 1. The molecule has 0 heterocycles. The molecule has 0 bridgehead atoms. The lowest BCUT2D eigenvalue weighted by Gasteiger charge is -2.09. The van der Waals surface area contributed by atoms with Gasteiger partial charge in [0.1, 0.15) is 0 Å². The zero-order chi connectivity index (χ0) is 12.0. The number of benzene rings is 1. The summed E-state index contributed by atoms with van der Waals surface area (Å²) in [5.74, 6) is -0.300. The topological polar surface area (TPSA) is 64.3 Å². The van der Waals surface area contributed by atoms with Gasteiger partial charge in [-0.25, -0.2) is 4.79 Å². The Morgan fingerprint density at radius 1 is 1.50 bits per heavy atom. The predicted octanol–water partition coefficient (Wildman–Crippen LogP) is 1.62. The number of nitrogens with two attached hydrogens (primary N) is 1. The quantitative estimate of drug-likeness (QED) is 0.743. The van der Waals surface area contributed by atoms with Crippen LogP contribution < -0.4 is 11.1 Å². The van der Waals surface area contributed by atoms with Crippen LogP contribution in [0.1, 0.15) is 24.2 Å². The van der Waals surface area contributed by atoms with Crippen LogP contribution in [-0.4, -0.2) is 25.2 Å². The van der Waals surface area contributed by atoms with Crippen LogP contribution in [-0.2, 0) is 4.74 Å². The fourth-order valence-corrected chi connectivity index (χ4v) is 1.25. The number of carbonyl (C=O) groups is 1. The second kappa shape index (κ2) is 6.12. The third-order valence-electron chi connectivity index (χ3n) is 1.91. The summed E-state index contributed by atoms with van der Waals surface area (Å²) in [5.41, 5.74) is 6.82. The molecule has 0 saturated heterocycles. The van der Waals surface area contributed by atoms with E-state index in [-0.39, 0.29) is 12.1 Å². The summed E-state index contributed by atoms with van der Waals surface area (Å²) >= 11 is 0. The monoisotopic (exact) mass is 222 g/mol. The van der Waals surface area contributed by atoms with Crippen molar-refractivity contribution in [2.75, 3.05) is 18.4 Å². The second-order valence-electron chi connectivity index (χ2n) is 3.75. The molecule has 1 aromatic rings. The first kappa shape index (κ1) is 12.5. The summed E-state index contributed by atoms with van der Waals surface area (Å²) in [6, 6.07) is 7.20. The summed E-state index contributed by atoms with van der Waals surface area (Å²) in [6.45, 7) is 4.90. The first-order valence-electron chi connectivity index (χ1n) is 5.38. The van der Waals surface area contributed by atoms with Crippen molar-refractivity contribution in [3.05, 3.63) is 29.8 Å². The maximum atomic E-state index is 11.6. The molecule has 0 unspecified atom stereocenters. The van der Waals surface area contributed by atoms with E-state index in [2.05, 4.69) is 5.32 Å². The van der Waals surface area contributed by atoms with Crippen LogP contribution in [0.2, 0.25) is 0 Å². The lowest BCUT2D eigenvalue weighted by Crippen LogP contribution is -2.14. The highest BCUT2D eigenvalue weighted by Gasteiger charge is 2.09. The molecular weight excluding hydrogens is 204 g/mol. The van der Waals surface area contributed by atoms with Crippen molar-refractivity contribution in [2.45, 2.75) is 20.0 Å². The number of anilines is 1. The summed E-state index contributed by atoms with van der Waals surface area (Å²) in [5, 5.41) is 3.11. The number of nitrogens with one attached hydrogen (secondary N) is 1. The van der Waals surface area contributed by atoms with Gasteiger partial charge < -0.3 is 15.8 Å². The van der Waals surface area contributed by atoms with Crippen LogP contribution in [0, 0.1) is 0 Å². The van der Waals surface area contributed by atoms with E-state index < -0.39 is 0 Å². The summed E-state index contributed by atoms with van der Waals surface area (Å²) in [4.78, 5) is 11.6. The molecule has 0 saturated carbocycles. The van der Waals surface area contributed by atoms with E-state index in [0.717, 1.165) is 5.69 Å². The molecule has 0 aromatic heterocycles. The van der Waals surface area contributed by atoms with Crippen molar-refractivity contribution < 1.29 is 9.53 Å². The Kier molecular flexibility index (Phi) is 4.79. The van der Waals surface area contributed by atoms with E-state index >= 15 is 0 Å². The average Bonchev–Trinajstić information content (AvgIpc) is 2.26. The van der Waals surface area contributed by atoms with Gasteiger partial charge in [-0.1, -0.05) is 6.07 Å². The van der Waals surface area contributed by atoms with Crippen molar-refractivity contribution >= 4 is 11.7 Å². The Labute approximate surface area is 95.8 Å². The zero-order valence-electron chi connectivity index (χ0n) is 9.69. The lowest BCUT2D eigenvalue weighted by atomic mass is 10.2. The van der Waals surface area contributed by atoms with Gasteiger partial charge in [0.05, 0.1) is 11.7 Å². The third-order valence-corrected chi connectivity index (χ3v) is 1.91. The minimum absolute atomic E-state index is 0.104.